The minimum Gasteiger partial charge on any atom is -0.397 e. The van der Waals surface area contributed by atoms with Gasteiger partial charge in [0.15, 0.2) is 0 Å². The van der Waals surface area contributed by atoms with Crippen LogP contribution in [0.15, 0.2) is 0 Å². The van der Waals surface area contributed by atoms with Crippen LogP contribution < -0.4 is 0 Å². The van der Waals surface area contributed by atoms with Crippen molar-refractivity contribution in [3.8, 4) is 0 Å². The lowest BCUT2D eigenvalue weighted by Crippen LogP contribution is -2.41. The number of aliphatic hydroxyl groups excluding tert-OH is 1. The molecular formula is C18H42N2O. The summed E-state index contributed by atoms with van der Waals surface area (Å²) in [6.07, 6.45) is 5.71. The van der Waals surface area contributed by atoms with E-state index in [0.29, 0.717) is 0 Å². The van der Waals surface area contributed by atoms with Crippen LogP contribution in [0.4, 0.5) is 0 Å². The summed E-state index contributed by atoms with van der Waals surface area (Å²) < 4.78 is 0. The Kier molecular flexibility index (Phi) is 17.9. The van der Waals surface area contributed by atoms with Gasteiger partial charge in [-0.05, 0) is 53.1 Å². The predicted octanol–water partition coefficient (Wildman–Crippen LogP) is 4.01. The third kappa shape index (κ3) is 10.3. The molecule has 2 heterocycles. The van der Waals surface area contributed by atoms with E-state index in [4.69, 9.17) is 5.11 Å². The smallest absolute Gasteiger partial charge is 0.0402 e. The van der Waals surface area contributed by atoms with Crippen LogP contribution in [-0.2, 0) is 0 Å². The monoisotopic (exact) mass is 302 g/mol. The summed E-state index contributed by atoms with van der Waals surface area (Å²) in [4.78, 5) is 5.35. The van der Waals surface area contributed by atoms with E-state index in [1.807, 2.05) is 27.7 Å². The molecule has 0 spiro atoms. The molecule has 130 valence electrons. The molecule has 0 aliphatic carbocycles. The Labute approximate surface area is 134 Å². The van der Waals surface area contributed by atoms with E-state index in [1.54, 1.807) is 6.92 Å². The van der Waals surface area contributed by atoms with Gasteiger partial charge in [0, 0.05) is 31.8 Å². The van der Waals surface area contributed by atoms with Crippen LogP contribution >= 0.6 is 0 Å². The van der Waals surface area contributed by atoms with Gasteiger partial charge >= 0.3 is 0 Å². The first-order valence-corrected chi connectivity index (χ1v) is 9.28. The minimum atomic E-state index is 0.250. The van der Waals surface area contributed by atoms with Gasteiger partial charge in [0.2, 0.25) is 0 Å². The summed E-state index contributed by atoms with van der Waals surface area (Å²) in [7, 11) is 0. The van der Waals surface area contributed by atoms with Gasteiger partial charge in [0.1, 0.15) is 0 Å². The van der Waals surface area contributed by atoms with Crippen molar-refractivity contribution in [3.63, 3.8) is 0 Å². The molecule has 0 saturated carbocycles. The second kappa shape index (κ2) is 16.3. The van der Waals surface area contributed by atoms with Crippen molar-refractivity contribution in [2.24, 2.45) is 0 Å². The molecule has 0 aromatic heterocycles. The lowest BCUT2D eigenvalue weighted by Gasteiger charge is -2.32. The third-order valence-corrected chi connectivity index (χ3v) is 3.83. The number of rotatable bonds is 2. The largest absolute Gasteiger partial charge is 0.397 e. The molecule has 0 aromatic carbocycles. The van der Waals surface area contributed by atoms with E-state index in [0.717, 1.165) is 12.1 Å². The number of aliphatic hydroxyl groups is 1. The van der Waals surface area contributed by atoms with Gasteiger partial charge in [-0.25, -0.2) is 0 Å². The topological polar surface area (TPSA) is 26.7 Å². The van der Waals surface area contributed by atoms with Crippen LogP contribution in [0.5, 0.6) is 0 Å². The Hall–Kier alpha value is -0.120. The second-order valence-electron chi connectivity index (χ2n) is 5.44. The lowest BCUT2D eigenvalue weighted by molar-refractivity contribution is 0.156. The molecule has 2 fully saturated rings. The quantitative estimate of drug-likeness (QED) is 0.835. The highest BCUT2D eigenvalue weighted by Gasteiger charge is 2.29. The Morgan fingerprint density at radius 1 is 0.952 bits per heavy atom. The molecule has 1 atom stereocenters. The molecule has 21 heavy (non-hydrogen) atoms. The molecule has 2 aliphatic heterocycles. The Morgan fingerprint density at radius 3 is 1.81 bits per heavy atom. The zero-order chi connectivity index (χ0) is 16.7. The van der Waals surface area contributed by atoms with Crippen LogP contribution in [-0.4, -0.2) is 59.8 Å². The van der Waals surface area contributed by atoms with Crippen LogP contribution in [0.2, 0.25) is 0 Å². The van der Waals surface area contributed by atoms with E-state index in [2.05, 4.69) is 23.6 Å². The van der Waals surface area contributed by atoms with Gasteiger partial charge in [-0.15, -0.1) is 0 Å². The van der Waals surface area contributed by atoms with Crippen LogP contribution in [0.1, 0.15) is 74.1 Å². The van der Waals surface area contributed by atoms with Gasteiger partial charge < -0.3 is 5.11 Å². The number of likely N-dealkylation sites (tertiary alicyclic amines) is 2. The average Bonchev–Trinajstić information content (AvgIpc) is 3.03. The first kappa shape index (κ1) is 23.2. The highest BCUT2D eigenvalue weighted by molar-refractivity contribution is 4.85. The van der Waals surface area contributed by atoms with Gasteiger partial charge in [-0.3, -0.25) is 9.80 Å². The van der Waals surface area contributed by atoms with Crippen molar-refractivity contribution in [2.45, 2.75) is 86.2 Å². The Bertz CT molecular complexity index is 192. The SMILES string of the molecule is CC.CC.CC(C)N1CCC(N2CCCCC2)C1.CCO. The zero-order valence-electron chi connectivity index (χ0n) is 15.9. The highest BCUT2D eigenvalue weighted by atomic mass is 16.2. The van der Waals surface area contributed by atoms with Gasteiger partial charge in [-0.2, -0.15) is 0 Å². The van der Waals surface area contributed by atoms with Gasteiger partial charge in [0.05, 0.1) is 0 Å². The second-order valence-corrected chi connectivity index (χ2v) is 5.44. The summed E-state index contributed by atoms with van der Waals surface area (Å²) in [6, 6.07) is 1.61. The zero-order valence-corrected chi connectivity index (χ0v) is 15.9. The van der Waals surface area contributed by atoms with E-state index in [1.165, 1.54) is 51.9 Å². The summed E-state index contributed by atoms with van der Waals surface area (Å²) in [5, 5.41) is 7.57. The molecule has 0 bridgehead atoms. The van der Waals surface area contributed by atoms with Crippen LogP contribution in [0, 0.1) is 0 Å². The minimum absolute atomic E-state index is 0.250. The maximum Gasteiger partial charge on any atom is 0.0402 e. The number of nitrogens with zero attached hydrogens (tertiary/aromatic N) is 2. The van der Waals surface area contributed by atoms with Crippen molar-refractivity contribution >= 4 is 0 Å². The van der Waals surface area contributed by atoms with Crippen molar-refractivity contribution in [1.82, 2.24) is 9.80 Å². The highest BCUT2D eigenvalue weighted by Crippen LogP contribution is 2.21. The van der Waals surface area contributed by atoms with Gasteiger partial charge in [-0.1, -0.05) is 34.1 Å². The van der Waals surface area contributed by atoms with E-state index < -0.39 is 0 Å². The fourth-order valence-electron chi connectivity index (χ4n) is 2.82. The summed E-state index contributed by atoms with van der Waals surface area (Å²) in [5.74, 6) is 0. The molecule has 3 heteroatoms. The number of piperidine rings is 1. The number of hydrogen-bond donors (Lipinski definition) is 1. The van der Waals surface area contributed by atoms with E-state index in [-0.39, 0.29) is 6.61 Å². The molecule has 0 radical (unpaired) electrons. The molecule has 3 nitrogen and oxygen atoms in total. The lowest BCUT2D eigenvalue weighted by atomic mass is 10.1. The molecule has 2 saturated heterocycles. The molecule has 2 aliphatic rings. The summed E-state index contributed by atoms with van der Waals surface area (Å²) in [6.45, 7) is 19.9. The molecule has 0 aromatic rings. The van der Waals surface area contributed by atoms with Crippen molar-refractivity contribution < 1.29 is 5.11 Å². The molecule has 1 unspecified atom stereocenters. The Balaban J connectivity index is 0. The average molecular weight is 303 g/mol. The first-order chi connectivity index (χ1) is 10.2. The molecule has 2 rings (SSSR count). The van der Waals surface area contributed by atoms with Crippen molar-refractivity contribution in [1.29, 1.82) is 0 Å². The third-order valence-electron chi connectivity index (χ3n) is 3.83. The van der Waals surface area contributed by atoms with E-state index >= 15 is 0 Å². The molecular weight excluding hydrogens is 260 g/mol. The fourth-order valence-corrected chi connectivity index (χ4v) is 2.82. The van der Waals surface area contributed by atoms with Crippen LogP contribution in [0.25, 0.3) is 0 Å². The maximum atomic E-state index is 7.57. The molecule has 1 N–H and O–H groups in total. The summed E-state index contributed by atoms with van der Waals surface area (Å²) >= 11 is 0. The first-order valence-electron chi connectivity index (χ1n) is 9.28. The standard InChI is InChI=1S/C12H24N2.C2H6O.2C2H6/c1-11(2)14-9-6-12(10-14)13-7-4-3-5-8-13;1-2-3;2*1-2/h11-12H,3-10H2,1-2H3;3H,2H2,1H3;2*1-2H3. The Morgan fingerprint density at radius 2 is 1.43 bits per heavy atom. The van der Waals surface area contributed by atoms with Gasteiger partial charge in [0.25, 0.3) is 0 Å². The van der Waals surface area contributed by atoms with Crippen LogP contribution in [0.3, 0.4) is 0 Å². The fraction of sp³-hybridized carbons (Fsp3) is 1.00. The maximum absolute atomic E-state index is 7.57. The number of hydrogen-bond acceptors (Lipinski definition) is 3. The molecule has 0 amide bonds. The summed E-state index contributed by atoms with van der Waals surface area (Å²) in [5.41, 5.74) is 0. The normalized spacial score (nSPS) is 22.4. The predicted molar refractivity (Wildman–Crippen MR) is 96.0 cm³/mol. The van der Waals surface area contributed by atoms with Crippen molar-refractivity contribution in [2.75, 3.05) is 32.8 Å². The van der Waals surface area contributed by atoms with Crippen molar-refractivity contribution in [3.05, 3.63) is 0 Å². The van der Waals surface area contributed by atoms with E-state index in [9.17, 15) is 0 Å².